The minimum atomic E-state index is -3.27. The van der Waals surface area contributed by atoms with E-state index < -0.39 is 9.84 Å². The smallest absolute Gasteiger partial charge is 0.175 e. The molecule has 0 atom stereocenters. The molecule has 0 unspecified atom stereocenters. The summed E-state index contributed by atoms with van der Waals surface area (Å²) in [7, 11) is -3.27. The zero-order valence-corrected chi connectivity index (χ0v) is 15.4. The van der Waals surface area contributed by atoms with E-state index in [2.05, 4.69) is 15.3 Å². The van der Waals surface area contributed by atoms with Crippen LogP contribution in [-0.2, 0) is 16.4 Å². The topological polar surface area (TPSA) is 72.0 Å². The van der Waals surface area contributed by atoms with Gasteiger partial charge in [-0.2, -0.15) is 0 Å². The lowest BCUT2D eigenvalue weighted by Gasteiger charge is -2.09. The van der Waals surface area contributed by atoms with Crippen molar-refractivity contribution < 1.29 is 12.8 Å². The van der Waals surface area contributed by atoms with Gasteiger partial charge in [0.2, 0.25) is 0 Å². The molecular formula is C18H15ClFN3O2S. The van der Waals surface area contributed by atoms with Gasteiger partial charge in [0.05, 0.1) is 4.90 Å². The summed E-state index contributed by atoms with van der Waals surface area (Å²) in [5.41, 5.74) is 1.53. The maximum absolute atomic E-state index is 12.9. The van der Waals surface area contributed by atoms with Gasteiger partial charge in [0, 0.05) is 24.4 Å². The second-order valence-electron chi connectivity index (χ2n) is 5.68. The Kier molecular flexibility index (Phi) is 5.20. The van der Waals surface area contributed by atoms with Crippen molar-refractivity contribution in [3.8, 4) is 11.4 Å². The molecule has 0 aliphatic heterocycles. The van der Waals surface area contributed by atoms with E-state index in [-0.39, 0.29) is 15.9 Å². The lowest BCUT2D eigenvalue weighted by molar-refractivity contribution is 0.602. The minimum absolute atomic E-state index is 0.220. The number of rotatable bonds is 5. The molecule has 8 heteroatoms. The van der Waals surface area contributed by atoms with Crippen LogP contribution >= 0.6 is 11.6 Å². The van der Waals surface area contributed by atoms with Crippen molar-refractivity contribution >= 4 is 27.3 Å². The Morgan fingerprint density at radius 1 is 1.04 bits per heavy atom. The van der Waals surface area contributed by atoms with Gasteiger partial charge in [-0.3, -0.25) is 0 Å². The Labute approximate surface area is 155 Å². The van der Waals surface area contributed by atoms with Crippen molar-refractivity contribution in [2.24, 2.45) is 0 Å². The van der Waals surface area contributed by atoms with Gasteiger partial charge in [-0.05, 0) is 42.0 Å². The largest absolute Gasteiger partial charge is 0.366 e. The Balaban J connectivity index is 1.82. The number of aromatic nitrogens is 2. The van der Waals surface area contributed by atoms with Crippen LogP contribution in [0.5, 0.6) is 0 Å². The highest BCUT2D eigenvalue weighted by Gasteiger charge is 2.10. The highest BCUT2D eigenvalue weighted by molar-refractivity contribution is 7.90. The molecule has 0 radical (unpaired) electrons. The second kappa shape index (κ2) is 7.39. The standard InChI is InChI=1S/C18H15ClFN3O2S/c1-26(24,25)15-8-4-13(5-9-15)18-22-16(19)10-17(23-18)21-11-12-2-6-14(20)7-3-12/h2-10H,11H2,1H3,(H,21,22,23). The third-order valence-electron chi connectivity index (χ3n) is 3.62. The molecule has 1 heterocycles. The molecule has 0 aliphatic rings. The van der Waals surface area contributed by atoms with Crippen LogP contribution in [0.25, 0.3) is 11.4 Å². The molecule has 26 heavy (non-hydrogen) atoms. The average molecular weight is 392 g/mol. The molecule has 0 aliphatic carbocycles. The summed E-state index contributed by atoms with van der Waals surface area (Å²) in [4.78, 5) is 8.80. The lowest BCUT2D eigenvalue weighted by Crippen LogP contribution is -2.03. The number of sulfone groups is 1. The summed E-state index contributed by atoms with van der Waals surface area (Å²) in [6.07, 6.45) is 1.15. The number of hydrogen-bond acceptors (Lipinski definition) is 5. The number of anilines is 1. The van der Waals surface area contributed by atoms with Gasteiger partial charge in [-0.25, -0.2) is 22.8 Å². The molecule has 0 spiro atoms. The predicted octanol–water partition coefficient (Wildman–Crippen LogP) is 3.95. The van der Waals surface area contributed by atoms with Crippen molar-refractivity contribution in [3.05, 3.63) is 71.1 Å². The molecule has 0 saturated carbocycles. The highest BCUT2D eigenvalue weighted by atomic mass is 35.5. The van der Waals surface area contributed by atoms with Crippen molar-refractivity contribution in [1.82, 2.24) is 9.97 Å². The summed E-state index contributed by atoms with van der Waals surface area (Å²) in [6.45, 7) is 0.445. The van der Waals surface area contributed by atoms with Gasteiger partial charge in [0.15, 0.2) is 15.7 Å². The number of benzene rings is 2. The van der Waals surface area contributed by atoms with Crippen LogP contribution in [0, 0.1) is 5.82 Å². The molecule has 1 aromatic heterocycles. The van der Waals surface area contributed by atoms with E-state index in [0.29, 0.717) is 23.8 Å². The fourth-order valence-electron chi connectivity index (χ4n) is 2.28. The summed E-state index contributed by atoms with van der Waals surface area (Å²) >= 11 is 6.07. The normalized spacial score (nSPS) is 11.3. The van der Waals surface area contributed by atoms with Gasteiger partial charge in [-0.1, -0.05) is 23.7 Å². The molecule has 0 saturated heterocycles. The average Bonchev–Trinajstić information content (AvgIpc) is 2.60. The first-order valence-electron chi connectivity index (χ1n) is 7.65. The summed E-state index contributed by atoms with van der Waals surface area (Å²) in [6, 6.07) is 14.0. The third kappa shape index (κ3) is 4.56. The first-order valence-corrected chi connectivity index (χ1v) is 9.91. The highest BCUT2D eigenvalue weighted by Crippen LogP contribution is 2.22. The quantitative estimate of drug-likeness (QED) is 0.667. The van der Waals surface area contributed by atoms with Crippen molar-refractivity contribution in [2.45, 2.75) is 11.4 Å². The molecule has 3 aromatic rings. The Morgan fingerprint density at radius 3 is 2.31 bits per heavy atom. The van der Waals surface area contributed by atoms with Gasteiger partial charge < -0.3 is 5.32 Å². The van der Waals surface area contributed by atoms with Crippen LogP contribution in [0.4, 0.5) is 10.2 Å². The molecule has 3 rings (SSSR count). The van der Waals surface area contributed by atoms with Gasteiger partial charge >= 0.3 is 0 Å². The number of nitrogens with zero attached hydrogens (tertiary/aromatic N) is 2. The van der Waals surface area contributed by atoms with E-state index in [0.717, 1.165) is 11.8 Å². The van der Waals surface area contributed by atoms with Crippen molar-refractivity contribution in [2.75, 3.05) is 11.6 Å². The third-order valence-corrected chi connectivity index (χ3v) is 4.94. The van der Waals surface area contributed by atoms with E-state index in [4.69, 9.17) is 11.6 Å². The molecule has 1 N–H and O–H groups in total. The van der Waals surface area contributed by atoms with Crippen LogP contribution in [0.1, 0.15) is 5.56 Å². The van der Waals surface area contributed by atoms with Crippen LogP contribution in [-0.4, -0.2) is 24.6 Å². The zero-order chi connectivity index (χ0) is 18.7. The van der Waals surface area contributed by atoms with Crippen molar-refractivity contribution in [3.63, 3.8) is 0 Å². The number of nitrogens with one attached hydrogen (secondary N) is 1. The van der Waals surface area contributed by atoms with E-state index in [9.17, 15) is 12.8 Å². The summed E-state index contributed by atoms with van der Waals surface area (Å²) < 4.78 is 36.0. The molecule has 2 aromatic carbocycles. The molecule has 5 nitrogen and oxygen atoms in total. The predicted molar refractivity (Wildman–Crippen MR) is 99.3 cm³/mol. The molecular weight excluding hydrogens is 377 g/mol. The SMILES string of the molecule is CS(=O)(=O)c1ccc(-c2nc(Cl)cc(NCc3ccc(F)cc3)n2)cc1. The van der Waals surface area contributed by atoms with Crippen LogP contribution < -0.4 is 5.32 Å². The first-order chi connectivity index (χ1) is 12.3. The molecule has 0 bridgehead atoms. The summed E-state index contributed by atoms with van der Waals surface area (Å²) in [5.74, 6) is 0.592. The molecule has 0 amide bonds. The second-order valence-corrected chi connectivity index (χ2v) is 8.08. The van der Waals surface area contributed by atoms with E-state index in [1.807, 2.05) is 0 Å². The molecule has 134 valence electrons. The van der Waals surface area contributed by atoms with Gasteiger partial charge in [0.25, 0.3) is 0 Å². The molecule has 0 fully saturated rings. The fourth-order valence-corrected chi connectivity index (χ4v) is 3.10. The maximum atomic E-state index is 12.9. The monoisotopic (exact) mass is 391 g/mol. The van der Waals surface area contributed by atoms with Crippen molar-refractivity contribution in [1.29, 1.82) is 0 Å². The first kappa shape index (κ1) is 18.3. The minimum Gasteiger partial charge on any atom is -0.366 e. The van der Waals surface area contributed by atoms with E-state index in [1.54, 1.807) is 30.3 Å². The maximum Gasteiger partial charge on any atom is 0.175 e. The van der Waals surface area contributed by atoms with Gasteiger partial charge in [-0.15, -0.1) is 0 Å². The van der Waals surface area contributed by atoms with E-state index in [1.165, 1.54) is 24.3 Å². The van der Waals surface area contributed by atoms with Crippen LogP contribution in [0.2, 0.25) is 5.15 Å². The fraction of sp³-hybridized carbons (Fsp3) is 0.111. The Morgan fingerprint density at radius 2 is 1.69 bits per heavy atom. The Bertz CT molecular complexity index is 1020. The van der Waals surface area contributed by atoms with Crippen LogP contribution in [0.15, 0.2) is 59.5 Å². The number of halogens is 2. The lowest BCUT2D eigenvalue weighted by atomic mass is 10.2. The summed E-state index contributed by atoms with van der Waals surface area (Å²) in [5, 5.41) is 3.37. The number of hydrogen-bond donors (Lipinski definition) is 1. The van der Waals surface area contributed by atoms with E-state index >= 15 is 0 Å². The van der Waals surface area contributed by atoms with Crippen LogP contribution in [0.3, 0.4) is 0 Å². The van der Waals surface area contributed by atoms with Gasteiger partial charge in [0.1, 0.15) is 16.8 Å². The Hall–Kier alpha value is -2.51. The zero-order valence-electron chi connectivity index (χ0n) is 13.8.